The van der Waals surface area contributed by atoms with E-state index < -0.39 is 0 Å². The molecule has 6 nitrogen and oxygen atoms in total. The smallest absolute Gasteiger partial charge is 0.289 e. The first kappa shape index (κ1) is 20.7. The summed E-state index contributed by atoms with van der Waals surface area (Å²) in [4.78, 5) is 14.3. The molecule has 0 bridgehead atoms. The van der Waals surface area contributed by atoms with E-state index in [9.17, 15) is 4.79 Å². The second kappa shape index (κ2) is 8.55. The van der Waals surface area contributed by atoms with Gasteiger partial charge in [0.25, 0.3) is 5.91 Å². The molecule has 0 saturated carbocycles. The highest BCUT2D eigenvalue weighted by atomic mass is 16.5. The first-order chi connectivity index (χ1) is 13.8. The van der Waals surface area contributed by atoms with Crippen LogP contribution in [0.25, 0.3) is 0 Å². The van der Waals surface area contributed by atoms with Crippen LogP contribution in [0.3, 0.4) is 0 Å². The maximum atomic E-state index is 12.7. The number of nitrogens with zero attached hydrogens (tertiary/aromatic N) is 3. The van der Waals surface area contributed by atoms with Crippen LogP contribution in [0.4, 0.5) is 0 Å². The number of hydrogen-bond acceptors (Lipinski definition) is 4. The summed E-state index contributed by atoms with van der Waals surface area (Å²) in [5, 5.41) is 4.22. The highest BCUT2D eigenvalue weighted by Gasteiger charge is 2.18. The Kier molecular flexibility index (Phi) is 6.11. The molecule has 3 rings (SSSR count). The molecule has 0 radical (unpaired) electrons. The summed E-state index contributed by atoms with van der Waals surface area (Å²) in [7, 11) is 3.65. The number of amides is 1. The van der Waals surface area contributed by atoms with E-state index in [0.29, 0.717) is 24.0 Å². The zero-order chi connectivity index (χ0) is 21.1. The molecule has 0 spiro atoms. The van der Waals surface area contributed by atoms with E-state index in [1.165, 1.54) is 0 Å². The van der Waals surface area contributed by atoms with Crippen LogP contribution in [0.15, 0.2) is 40.9 Å². The number of hydrogen-bond donors (Lipinski definition) is 0. The van der Waals surface area contributed by atoms with Crippen molar-refractivity contribution in [2.45, 2.75) is 46.8 Å². The molecule has 2 aromatic heterocycles. The number of carbonyl (C=O) groups is 1. The molecule has 2 heterocycles. The quantitative estimate of drug-likeness (QED) is 0.586. The van der Waals surface area contributed by atoms with Crippen LogP contribution in [-0.2, 0) is 20.2 Å². The van der Waals surface area contributed by atoms with E-state index in [1.807, 2.05) is 27.0 Å². The average Bonchev–Trinajstić information content (AvgIpc) is 3.27. The molecule has 0 atom stereocenters. The molecule has 0 saturated heterocycles. The van der Waals surface area contributed by atoms with Gasteiger partial charge >= 0.3 is 0 Å². The Balaban J connectivity index is 1.65. The predicted molar refractivity (Wildman–Crippen MR) is 112 cm³/mol. The van der Waals surface area contributed by atoms with Gasteiger partial charge in [-0.05, 0) is 49.1 Å². The zero-order valence-electron chi connectivity index (χ0n) is 18.0. The number of aryl methyl sites for hydroxylation is 2. The third-order valence-electron chi connectivity index (χ3n) is 5.12. The van der Waals surface area contributed by atoms with Crippen molar-refractivity contribution in [2.24, 2.45) is 7.05 Å². The van der Waals surface area contributed by atoms with Gasteiger partial charge in [0.2, 0.25) is 0 Å². The van der Waals surface area contributed by atoms with Gasteiger partial charge in [-0.3, -0.25) is 9.48 Å². The molecule has 1 amide bonds. The molecule has 6 heteroatoms. The number of carbonyl (C=O) groups excluding carboxylic acids is 1. The SMILES string of the molecule is Cc1ccc(C(C)C)c(OCc2ccc(C(=O)N(C)Cc3cnn(C)c3C)o2)c1. The summed E-state index contributed by atoms with van der Waals surface area (Å²) < 4.78 is 13.6. The van der Waals surface area contributed by atoms with Crippen LogP contribution < -0.4 is 4.74 Å². The molecule has 0 aliphatic rings. The van der Waals surface area contributed by atoms with Gasteiger partial charge in [0.15, 0.2) is 5.76 Å². The summed E-state index contributed by atoms with van der Waals surface area (Å²) in [6.07, 6.45) is 1.79. The fourth-order valence-corrected chi connectivity index (χ4v) is 3.18. The van der Waals surface area contributed by atoms with Gasteiger partial charge in [0.1, 0.15) is 18.1 Å². The van der Waals surface area contributed by atoms with Gasteiger partial charge in [0, 0.05) is 31.9 Å². The average molecular weight is 396 g/mol. The Morgan fingerprint density at radius 1 is 1.24 bits per heavy atom. The van der Waals surface area contributed by atoms with Crippen molar-refractivity contribution in [3.8, 4) is 5.75 Å². The minimum atomic E-state index is -0.169. The van der Waals surface area contributed by atoms with Gasteiger partial charge in [-0.25, -0.2) is 0 Å². The summed E-state index contributed by atoms with van der Waals surface area (Å²) in [6.45, 7) is 9.07. The molecule has 1 aromatic carbocycles. The highest BCUT2D eigenvalue weighted by molar-refractivity contribution is 5.91. The van der Waals surface area contributed by atoms with Crippen LogP contribution in [0.1, 0.15) is 58.5 Å². The lowest BCUT2D eigenvalue weighted by Gasteiger charge is -2.15. The van der Waals surface area contributed by atoms with E-state index in [4.69, 9.17) is 9.15 Å². The van der Waals surface area contributed by atoms with Crippen molar-refractivity contribution >= 4 is 5.91 Å². The second-order valence-electron chi connectivity index (χ2n) is 7.79. The number of ether oxygens (including phenoxy) is 1. The molecule has 3 aromatic rings. The predicted octanol–water partition coefficient (Wildman–Crippen LogP) is 4.60. The third-order valence-corrected chi connectivity index (χ3v) is 5.12. The van der Waals surface area contributed by atoms with Gasteiger partial charge in [0.05, 0.1) is 6.20 Å². The second-order valence-corrected chi connectivity index (χ2v) is 7.79. The third kappa shape index (κ3) is 4.70. The van der Waals surface area contributed by atoms with Gasteiger partial charge < -0.3 is 14.1 Å². The normalized spacial score (nSPS) is 11.1. The van der Waals surface area contributed by atoms with Crippen molar-refractivity contribution in [2.75, 3.05) is 7.05 Å². The standard InChI is InChI=1S/C23H29N3O3/c1-15(2)20-9-7-16(3)11-22(20)28-14-19-8-10-21(29-19)23(27)25(5)13-18-12-24-26(6)17(18)4/h7-12,15H,13-14H2,1-6H3. The summed E-state index contributed by atoms with van der Waals surface area (Å²) in [5.41, 5.74) is 4.36. The van der Waals surface area contributed by atoms with E-state index in [1.54, 1.807) is 35.0 Å². The lowest BCUT2D eigenvalue weighted by molar-refractivity contribution is 0.0749. The zero-order valence-corrected chi connectivity index (χ0v) is 18.0. The van der Waals surface area contributed by atoms with Crippen molar-refractivity contribution < 1.29 is 13.9 Å². The van der Waals surface area contributed by atoms with Crippen LogP contribution >= 0.6 is 0 Å². The molecular formula is C23H29N3O3. The lowest BCUT2D eigenvalue weighted by Crippen LogP contribution is -2.26. The van der Waals surface area contributed by atoms with Crippen molar-refractivity contribution in [3.63, 3.8) is 0 Å². The number of rotatable bonds is 7. The summed E-state index contributed by atoms with van der Waals surface area (Å²) >= 11 is 0. The van der Waals surface area contributed by atoms with Crippen LogP contribution in [0.2, 0.25) is 0 Å². The maximum absolute atomic E-state index is 12.7. The Labute approximate surface area is 172 Å². The Morgan fingerprint density at radius 3 is 2.66 bits per heavy atom. The minimum Gasteiger partial charge on any atom is -0.485 e. The van der Waals surface area contributed by atoms with Crippen molar-refractivity contribution in [1.29, 1.82) is 0 Å². The number of furan rings is 1. The van der Waals surface area contributed by atoms with Crippen LogP contribution in [0.5, 0.6) is 5.75 Å². The largest absolute Gasteiger partial charge is 0.485 e. The molecule has 0 aliphatic heterocycles. The van der Waals surface area contributed by atoms with E-state index >= 15 is 0 Å². The topological polar surface area (TPSA) is 60.5 Å². The van der Waals surface area contributed by atoms with E-state index in [0.717, 1.165) is 28.1 Å². The molecule has 0 fully saturated rings. The van der Waals surface area contributed by atoms with Crippen LogP contribution in [-0.4, -0.2) is 27.6 Å². The fraction of sp³-hybridized carbons (Fsp3) is 0.391. The van der Waals surface area contributed by atoms with Gasteiger partial charge in [-0.15, -0.1) is 0 Å². The van der Waals surface area contributed by atoms with E-state index in [2.05, 4.69) is 31.1 Å². The maximum Gasteiger partial charge on any atom is 0.289 e. The van der Waals surface area contributed by atoms with Gasteiger partial charge in [-0.1, -0.05) is 26.0 Å². The fourth-order valence-electron chi connectivity index (χ4n) is 3.18. The van der Waals surface area contributed by atoms with Crippen molar-refractivity contribution in [3.05, 3.63) is 70.4 Å². The number of aromatic nitrogens is 2. The monoisotopic (exact) mass is 395 g/mol. The molecule has 29 heavy (non-hydrogen) atoms. The van der Waals surface area contributed by atoms with Crippen LogP contribution in [0, 0.1) is 13.8 Å². The van der Waals surface area contributed by atoms with E-state index in [-0.39, 0.29) is 12.5 Å². The van der Waals surface area contributed by atoms with Crippen molar-refractivity contribution in [1.82, 2.24) is 14.7 Å². The molecular weight excluding hydrogens is 366 g/mol. The Bertz CT molecular complexity index is 1000. The first-order valence-corrected chi connectivity index (χ1v) is 9.81. The Hall–Kier alpha value is -3.02. The van der Waals surface area contributed by atoms with Gasteiger partial charge in [-0.2, -0.15) is 5.10 Å². The molecule has 0 N–H and O–H groups in total. The molecule has 0 aliphatic carbocycles. The summed E-state index contributed by atoms with van der Waals surface area (Å²) in [6, 6.07) is 9.72. The highest BCUT2D eigenvalue weighted by Crippen LogP contribution is 2.28. The lowest BCUT2D eigenvalue weighted by atomic mass is 10.0. The minimum absolute atomic E-state index is 0.169. The Morgan fingerprint density at radius 2 is 2.00 bits per heavy atom. The molecule has 154 valence electrons. The first-order valence-electron chi connectivity index (χ1n) is 9.81. The number of benzene rings is 1. The molecule has 0 unspecified atom stereocenters. The summed E-state index contributed by atoms with van der Waals surface area (Å²) in [5.74, 6) is 1.98.